The second-order valence-electron chi connectivity index (χ2n) is 31.6. The average Bonchev–Trinajstić information content (AvgIpc) is 1.61. The van der Waals surface area contributed by atoms with E-state index in [1.54, 1.807) is 57.1 Å². The van der Waals surface area contributed by atoms with Gasteiger partial charge >= 0.3 is 26.0 Å². The summed E-state index contributed by atoms with van der Waals surface area (Å²) in [6, 6.07) is 65.0. The zero-order valence-electron chi connectivity index (χ0n) is 71.0. The minimum atomic E-state index is -4.90. The van der Waals surface area contributed by atoms with Gasteiger partial charge in [0.2, 0.25) is 11.9 Å². The van der Waals surface area contributed by atoms with E-state index < -0.39 is 106 Å². The largest absolute Gasteiger partial charge is 0.497 e. The zero-order valence-corrected chi connectivity index (χ0v) is 71.9. The summed E-state index contributed by atoms with van der Waals surface area (Å²) in [4.78, 5) is 121. The number of imidazole rings is 2. The highest BCUT2D eigenvalue weighted by Gasteiger charge is 2.48. The number of fused-ring (bicyclic) bond motifs is 8. The Balaban J connectivity index is 0.564. The molecule has 3 unspecified atom stereocenters. The first kappa shape index (κ1) is 88.7. The number of esters is 1. The van der Waals surface area contributed by atoms with Gasteiger partial charge in [-0.15, -0.1) is 0 Å². The molecule has 8 aromatic carbocycles. The maximum absolute atomic E-state index is 15.6. The Kier molecular flexibility index (Phi) is 27.6. The molecule has 2 aliphatic heterocycles. The summed E-state index contributed by atoms with van der Waals surface area (Å²) in [5.41, 5.74) is 9.96. The van der Waals surface area contributed by atoms with Crippen molar-refractivity contribution in [2.45, 2.75) is 112 Å². The number of H-pyrrole nitrogens is 1. The number of benzene rings is 8. The monoisotopic (exact) mass is 1770 g/mol. The van der Waals surface area contributed by atoms with Crippen molar-refractivity contribution in [3.8, 4) is 39.8 Å². The number of ketones is 1. The van der Waals surface area contributed by atoms with Crippen molar-refractivity contribution in [3.63, 3.8) is 0 Å². The number of Topliss-reactive ketones (excluding diaryl/α,β-unsaturated/α-hetero) is 1. The lowest BCUT2D eigenvalue weighted by Gasteiger charge is -2.37. The molecule has 0 bridgehead atoms. The summed E-state index contributed by atoms with van der Waals surface area (Å²) in [5.74, 6) is -1.19. The van der Waals surface area contributed by atoms with Gasteiger partial charge in [0, 0.05) is 76.7 Å². The molecule has 664 valence electrons. The first-order valence-electron chi connectivity index (χ1n) is 42.3. The molecule has 4 amide bonds. The Morgan fingerprint density at radius 2 is 1.12 bits per heavy atom. The zero-order chi connectivity index (χ0) is 89.7. The fraction of sp³-hybridized carbons (Fsp3) is 0.316. The van der Waals surface area contributed by atoms with Crippen LogP contribution in [0.5, 0.6) is 11.5 Å². The first-order chi connectivity index (χ1) is 62.7. The standard InChI is InChI=1S/C95H94N13O20P/c1-105(93(115)121-52-75-71-25-12-8-21-67(71)68-22-9-13-26-72(68)75)46-16-29-81(111)101-92-103-89-86(91(114)104-92)100-58-108(89)82-49-77(110)79(126-82)55-125-129(117,124-48-18-45-96)128-78-50-83(127-80(78)54-123-95(61-19-6-5-7-20-61,62-36-41-65(118-3)42-37-62)63-38-43-66(119-4)44-39-63)107-57-99-85-87(97-56-98-88(85)107)102-90(113)60-34-31-59(32-35-60)33-40-64(109)51-120-84(112)30-17-47-106(2)94(116)122-53-76-73-27-14-10-23-69(73)70-24-11-15-28-74(70)76/h5-15,19-28,31-32,34-39,41-44,56-58,75-80,82-83,110H,16-18,29-30,33,40,46-55H2,1-4H3,(H,97,98,102,113)(H2,101,103,104,111,114)/t77?,78?,79-,80-,82-,83-,129?/m1/s1. The highest BCUT2D eigenvalue weighted by molar-refractivity contribution is 7.48. The summed E-state index contributed by atoms with van der Waals surface area (Å²) < 4.78 is 86.1. The molecule has 129 heavy (non-hydrogen) atoms. The summed E-state index contributed by atoms with van der Waals surface area (Å²) in [7, 11) is 1.42. The second kappa shape index (κ2) is 40.1. The van der Waals surface area contributed by atoms with Crippen LogP contribution in [0.25, 0.3) is 44.6 Å². The van der Waals surface area contributed by atoms with Crippen molar-refractivity contribution < 1.29 is 89.9 Å². The second-order valence-corrected chi connectivity index (χ2v) is 33.2. The van der Waals surface area contributed by atoms with Gasteiger partial charge < -0.3 is 58.1 Å². The topological polar surface area (TPSA) is 403 Å². The number of carbonyl (C=O) groups excluding carboxylic acids is 6. The molecule has 6 heterocycles. The number of aromatic nitrogens is 8. The van der Waals surface area contributed by atoms with E-state index in [1.165, 1.54) is 33.3 Å². The van der Waals surface area contributed by atoms with Crippen LogP contribution < -0.4 is 25.7 Å². The molecule has 34 heteroatoms. The number of phosphoric ester groups is 1. The Bertz CT molecular complexity index is 6090. The molecule has 7 atom stereocenters. The lowest BCUT2D eigenvalue weighted by Crippen LogP contribution is -2.38. The summed E-state index contributed by atoms with van der Waals surface area (Å²) in [5, 5.41) is 27.0. The molecule has 4 aromatic heterocycles. The van der Waals surface area contributed by atoms with Crippen LogP contribution in [-0.2, 0) is 73.0 Å². The number of hydrogen-bond acceptors (Lipinski definition) is 26. The van der Waals surface area contributed by atoms with Crippen LogP contribution in [0, 0.1) is 11.3 Å². The first-order valence-corrected chi connectivity index (χ1v) is 43.8. The number of nitrogens with zero attached hydrogens (tertiary/aromatic N) is 10. The number of nitrogens with one attached hydrogen (secondary N) is 3. The minimum absolute atomic E-state index is 0.00779. The highest BCUT2D eigenvalue weighted by Crippen LogP contribution is 2.55. The van der Waals surface area contributed by atoms with E-state index in [1.807, 2.05) is 158 Å². The van der Waals surface area contributed by atoms with E-state index in [9.17, 15) is 43.9 Å². The van der Waals surface area contributed by atoms with Crippen LogP contribution in [-0.4, -0.2) is 195 Å². The summed E-state index contributed by atoms with van der Waals surface area (Å²) in [6.45, 7) is -1.08. The van der Waals surface area contributed by atoms with Gasteiger partial charge in [0.15, 0.2) is 33.9 Å². The van der Waals surface area contributed by atoms with Crippen LogP contribution in [0.1, 0.15) is 131 Å². The molecular formula is C95H94N13O20P. The maximum Gasteiger partial charge on any atom is 0.475 e. The molecule has 2 aliphatic carbocycles. The van der Waals surface area contributed by atoms with Crippen molar-refractivity contribution in [1.82, 2.24) is 48.8 Å². The minimum Gasteiger partial charge on any atom is -0.497 e. The number of aliphatic hydroxyl groups is 1. The van der Waals surface area contributed by atoms with Crippen molar-refractivity contribution >= 4 is 77.7 Å². The van der Waals surface area contributed by atoms with E-state index in [0.29, 0.717) is 34.6 Å². The lowest BCUT2D eigenvalue weighted by molar-refractivity contribution is -0.148. The molecule has 4 N–H and O–H groups in total. The third kappa shape index (κ3) is 19.9. The number of amides is 4. The van der Waals surface area contributed by atoms with Crippen molar-refractivity contribution in [1.29, 1.82) is 5.26 Å². The molecule has 2 saturated heterocycles. The van der Waals surface area contributed by atoms with Gasteiger partial charge in [-0.2, -0.15) is 10.2 Å². The Morgan fingerprint density at radius 1 is 0.589 bits per heavy atom. The van der Waals surface area contributed by atoms with Gasteiger partial charge in [-0.3, -0.25) is 57.0 Å². The van der Waals surface area contributed by atoms with Crippen LogP contribution in [0.2, 0.25) is 0 Å². The molecule has 2 fully saturated rings. The number of aromatic amines is 1. The van der Waals surface area contributed by atoms with Gasteiger partial charge in [0.1, 0.15) is 74.0 Å². The number of rotatable bonds is 38. The molecular weight excluding hydrogens is 1670 g/mol. The van der Waals surface area contributed by atoms with Crippen LogP contribution in [0.3, 0.4) is 0 Å². The molecule has 0 radical (unpaired) electrons. The van der Waals surface area contributed by atoms with Gasteiger partial charge in [-0.1, -0.05) is 164 Å². The number of aryl methyl sites for hydroxylation is 1. The molecule has 33 nitrogen and oxygen atoms in total. The predicted molar refractivity (Wildman–Crippen MR) is 471 cm³/mol. The van der Waals surface area contributed by atoms with E-state index >= 15 is 4.57 Å². The third-order valence-corrected chi connectivity index (χ3v) is 24.9. The Labute approximate surface area is 741 Å². The smallest absolute Gasteiger partial charge is 0.475 e. The Hall–Kier alpha value is -13.7. The molecule has 4 aliphatic rings. The number of phosphoric acid groups is 1. The number of nitriles is 1. The molecule has 0 spiro atoms. The Morgan fingerprint density at radius 3 is 1.71 bits per heavy atom. The third-order valence-electron chi connectivity index (χ3n) is 23.4. The van der Waals surface area contributed by atoms with Gasteiger partial charge in [0.05, 0.1) is 65.3 Å². The summed E-state index contributed by atoms with van der Waals surface area (Å²) in [6.07, 6.45) is -3.85. The highest BCUT2D eigenvalue weighted by atomic mass is 31.2. The predicted octanol–water partition coefficient (Wildman–Crippen LogP) is 13.9. The lowest BCUT2D eigenvalue weighted by atomic mass is 9.80. The van der Waals surface area contributed by atoms with E-state index in [4.69, 9.17) is 51.5 Å². The number of carbonyl (C=O) groups is 6. The van der Waals surface area contributed by atoms with E-state index in [0.717, 1.165) is 50.1 Å². The fourth-order valence-corrected chi connectivity index (χ4v) is 18.1. The van der Waals surface area contributed by atoms with E-state index in [2.05, 4.69) is 64.8 Å². The quantitative estimate of drug-likeness (QED) is 0.00918. The van der Waals surface area contributed by atoms with Crippen molar-refractivity contribution in [2.75, 3.05) is 91.7 Å². The average molecular weight is 1770 g/mol. The maximum atomic E-state index is 15.6. The number of hydrogen-bond donors (Lipinski definition) is 4. The number of methoxy groups -OCH3 is 2. The van der Waals surface area contributed by atoms with Gasteiger partial charge in [-0.25, -0.2) is 34.1 Å². The van der Waals surface area contributed by atoms with Crippen molar-refractivity contribution in [3.05, 3.63) is 280 Å². The van der Waals surface area contributed by atoms with Crippen LogP contribution >= 0.6 is 7.82 Å². The van der Waals surface area contributed by atoms with E-state index in [-0.39, 0.29) is 142 Å². The van der Waals surface area contributed by atoms with Crippen LogP contribution in [0.4, 0.5) is 21.4 Å². The number of aliphatic hydroxyl groups excluding tert-OH is 1. The number of ether oxygens (including phenoxy) is 8. The normalized spacial score (nSPS) is 17.3. The number of anilines is 2. The van der Waals surface area contributed by atoms with Gasteiger partial charge in [0.25, 0.3) is 11.5 Å². The fourth-order valence-electron chi connectivity index (χ4n) is 16.7. The molecule has 16 rings (SSSR count). The summed E-state index contributed by atoms with van der Waals surface area (Å²) >= 11 is 0. The van der Waals surface area contributed by atoms with Crippen LogP contribution in [0.15, 0.2) is 224 Å². The molecule has 12 aromatic rings. The SMILES string of the molecule is COc1ccc(C(OC[C@H]2O[C@@H](n3cnc4c(NC(=O)c5ccc(CCC(=O)COC(=O)CCCN(C)C(=O)OCC6c7ccccc7-c7ccccc76)cc5)ncnc43)CC2OP(=O)(OCCC#N)OC[C@H]2O[C@@H](n3cnc4c(=O)[nH]c(NC(=O)CCCN(C)C(=O)OCC5c6ccccc6-c6ccccc65)nc43)CC2O)(c2ccccc2)c2ccc(OC)cc2)cc1. The van der Waals surface area contributed by atoms with Gasteiger partial charge in [-0.05, 0) is 122 Å². The van der Waals surface area contributed by atoms with Crippen molar-refractivity contribution in [2.24, 2.45) is 0 Å². The molecule has 0 saturated carbocycles.